The summed E-state index contributed by atoms with van der Waals surface area (Å²) in [5, 5.41) is 0.229. The molecular formula is C11H10ClF3N2O. The normalized spacial score (nSPS) is 15.4. The molecule has 1 amide bonds. The van der Waals surface area contributed by atoms with Gasteiger partial charge in [0.2, 0.25) is 0 Å². The summed E-state index contributed by atoms with van der Waals surface area (Å²) in [6.45, 7) is -0.122. The van der Waals surface area contributed by atoms with Gasteiger partial charge in [0.05, 0.1) is 10.7 Å². The fourth-order valence-corrected chi connectivity index (χ4v) is 2.21. The van der Waals surface area contributed by atoms with Gasteiger partial charge in [0.15, 0.2) is 0 Å². The van der Waals surface area contributed by atoms with Crippen molar-refractivity contribution < 1.29 is 18.0 Å². The van der Waals surface area contributed by atoms with E-state index in [4.69, 9.17) is 17.3 Å². The molecule has 98 valence electrons. The molecule has 0 aliphatic carbocycles. The highest BCUT2D eigenvalue weighted by molar-refractivity contribution is 6.34. The zero-order valence-electron chi connectivity index (χ0n) is 9.22. The number of halogens is 4. The Morgan fingerprint density at radius 1 is 1.39 bits per heavy atom. The van der Waals surface area contributed by atoms with Crippen LogP contribution in [0.15, 0.2) is 12.1 Å². The zero-order valence-corrected chi connectivity index (χ0v) is 9.98. The summed E-state index contributed by atoms with van der Waals surface area (Å²) in [4.78, 5) is 11.9. The number of amides is 1. The minimum atomic E-state index is -4.86. The molecule has 1 aromatic rings. The van der Waals surface area contributed by atoms with Crippen LogP contribution in [0.25, 0.3) is 0 Å². The van der Waals surface area contributed by atoms with Crippen molar-refractivity contribution in [2.24, 2.45) is 0 Å². The van der Waals surface area contributed by atoms with Crippen molar-refractivity contribution in [2.45, 2.75) is 19.1 Å². The van der Waals surface area contributed by atoms with Crippen LogP contribution in [-0.2, 0) is 17.8 Å². The largest absolute Gasteiger partial charge is 0.471 e. The van der Waals surface area contributed by atoms with E-state index in [0.29, 0.717) is 17.7 Å². The number of nitrogens with two attached hydrogens (primary N) is 1. The van der Waals surface area contributed by atoms with Crippen molar-refractivity contribution in [1.82, 2.24) is 4.90 Å². The summed E-state index contributed by atoms with van der Waals surface area (Å²) in [6, 6.07) is 3.34. The lowest BCUT2D eigenvalue weighted by atomic mass is 9.99. The molecule has 0 aromatic heterocycles. The predicted molar refractivity (Wildman–Crippen MR) is 61.0 cm³/mol. The third-order valence-electron chi connectivity index (χ3n) is 2.90. The third-order valence-corrected chi connectivity index (χ3v) is 3.35. The summed E-state index contributed by atoms with van der Waals surface area (Å²) in [6.07, 6.45) is -4.51. The Balaban J connectivity index is 2.30. The van der Waals surface area contributed by atoms with Gasteiger partial charge in [0.25, 0.3) is 0 Å². The molecule has 1 aromatic carbocycles. The van der Waals surface area contributed by atoms with E-state index in [9.17, 15) is 18.0 Å². The van der Waals surface area contributed by atoms with Crippen LogP contribution in [0.4, 0.5) is 18.9 Å². The second-order valence-electron chi connectivity index (χ2n) is 4.08. The molecule has 2 N–H and O–H groups in total. The number of nitrogens with zero attached hydrogens (tertiary/aromatic N) is 1. The highest BCUT2D eigenvalue weighted by Crippen LogP contribution is 2.32. The lowest BCUT2D eigenvalue weighted by molar-refractivity contribution is -0.186. The first kappa shape index (κ1) is 13.0. The molecule has 0 spiro atoms. The van der Waals surface area contributed by atoms with Crippen LogP contribution in [0.2, 0.25) is 5.02 Å². The molecule has 1 heterocycles. The number of benzene rings is 1. The van der Waals surface area contributed by atoms with Crippen LogP contribution in [0, 0.1) is 0 Å². The molecule has 0 saturated carbocycles. The molecule has 0 radical (unpaired) electrons. The van der Waals surface area contributed by atoms with E-state index in [1.165, 1.54) is 0 Å². The molecule has 0 bridgehead atoms. The van der Waals surface area contributed by atoms with E-state index in [-0.39, 0.29) is 18.1 Å². The number of nitrogen functional groups attached to an aromatic ring is 1. The first-order valence-electron chi connectivity index (χ1n) is 5.22. The summed E-state index contributed by atoms with van der Waals surface area (Å²) in [5.74, 6) is -1.84. The van der Waals surface area contributed by atoms with Crippen molar-refractivity contribution in [3.8, 4) is 0 Å². The van der Waals surface area contributed by atoms with Gasteiger partial charge in [-0.2, -0.15) is 13.2 Å². The average Bonchev–Trinajstić information content (AvgIpc) is 2.31. The summed E-state index contributed by atoms with van der Waals surface area (Å²) >= 11 is 5.95. The molecule has 1 aliphatic heterocycles. The number of hydrogen-bond acceptors (Lipinski definition) is 2. The molecule has 2 rings (SSSR count). The summed E-state index contributed by atoms with van der Waals surface area (Å²) in [5.41, 5.74) is 7.23. The first-order chi connectivity index (χ1) is 8.30. The Bertz CT molecular complexity index is 502. The van der Waals surface area contributed by atoms with E-state index < -0.39 is 12.1 Å². The second kappa shape index (κ2) is 4.35. The Morgan fingerprint density at radius 3 is 2.67 bits per heavy atom. The summed E-state index contributed by atoms with van der Waals surface area (Å²) < 4.78 is 37.0. The van der Waals surface area contributed by atoms with Gasteiger partial charge >= 0.3 is 12.1 Å². The monoisotopic (exact) mass is 278 g/mol. The Hall–Kier alpha value is -1.43. The highest BCUT2D eigenvalue weighted by Gasteiger charge is 2.43. The van der Waals surface area contributed by atoms with Crippen LogP contribution >= 0.6 is 11.6 Å². The number of alkyl halides is 3. The van der Waals surface area contributed by atoms with Gasteiger partial charge in [-0.05, 0) is 23.6 Å². The molecule has 7 heteroatoms. The van der Waals surface area contributed by atoms with E-state index in [0.717, 1.165) is 10.5 Å². The second-order valence-corrected chi connectivity index (χ2v) is 4.46. The lowest BCUT2D eigenvalue weighted by Gasteiger charge is -2.30. The van der Waals surface area contributed by atoms with Crippen LogP contribution in [-0.4, -0.2) is 23.5 Å². The van der Waals surface area contributed by atoms with Gasteiger partial charge in [0.1, 0.15) is 0 Å². The maximum Gasteiger partial charge on any atom is 0.471 e. The van der Waals surface area contributed by atoms with Crippen LogP contribution in [0.3, 0.4) is 0 Å². The number of carbonyl (C=O) groups excluding carboxylic acids is 1. The van der Waals surface area contributed by atoms with Crippen molar-refractivity contribution >= 4 is 23.2 Å². The zero-order chi connectivity index (χ0) is 13.5. The fraction of sp³-hybridized carbons (Fsp3) is 0.364. The summed E-state index contributed by atoms with van der Waals surface area (Å²) in [7, 11) is 0. The van der Waals surface area contributed by atoms with Gasteiger partial charge in [0, 0.05) is 13.1 Å². The number of fused-ring (bicyclic) bond motifs is 1. The van der Waals surface area contributed by atoms with Crippen molar-refractivity contribution in [3.63, 3.8) is 0 Å². The number of hydrogen-bond donors (Lipinski definition) is 1. The van der Waals surface area contributed by atoms with Crippen molar-refractivity contribution in [2.75, 3.05) is 12.3 Å². The Labute approximate surface area is 106 Å². The molecule has 0 atom stereocenters. The highest BCUT2D eigenvalue weighted by atomic mass is 35.5. The van der Waals surface area contributed by atoms with Crippen LogP contribution in [0.5, 0.6) is 0 Å². The van der Waals surface area contributed by atoms with E-state index in [1.807, 2.05) is 0 Å². The molecule has 1 aliphatic rings. The maximum atomic E-state index is 12.3. The minimum absolute atomic E-state index is 0.0333. The Kier molecular flexibility index (Phi) is 3.14. The molecule has 3 nitrogen and oxygen atoms in total. The molecule has 18 heavy (non-hydrogen) atoms. The maximum absolute atomic E-state index is 12.3. The van der Waals surface area contributed by atoms with Gasteiger partial charge in [-0.15, -0.1) is 0 Å². The molecule has 0 saturated heterocycles. The fourth-order valence-electron chi connectivity index (χ4n) is 1.96. The van der Waals surface area contributed by atoms with Crippen molar-refractivity contribution in [1.29, 1.82) is 0 Å². The first-order valence-corrected chi connectivity index (χ1v) is 5.60. The molecule has 0 fully saturated rings. The average molecular weight is 279 g/mol. The standard InChI is InChI=1S/C11H10ClF3N2O/c12-9-7-5-17(10(18)11(13,14)15)4-3-6(7)1-2-8(9)16/h1-2H,3-5,16H2. The van der Waals surface area contributed by atoms with E-state index >= 15 is 0 Å². The predicted octanol–water partition coefficient (Wildman–Crippen LogP) is 2.37. The minimum Gasteiger partial charge on any atom is -0.398 e. The van der Waals surface area contributed by atoms with Gasteiger partial charge < -0.3 is 10.6 Å². The Morgan fingerprint density at radius 2 is 2.06 bits per heavy atom. The van der Waals surface area contributed by atoms with Crippen molar-refractivity contribution in [3.05, 3.63) is 28.3 Å². The SMILES string of the molecule is Nc1ccc2c(c1Cl)CN(C(=O)C(F)(F)F)CC2. The molecular weight excluding hydrogens is 269 g/mol. The smallest absolute Gasteiger partial charge is 0.398 e. The third kappa shape index (κ3) is 2.25. The lowest BCUT2D eigenvalue weighted by Crippen LogP contribution is -2.43. The van der Waals surface area contributed by atoms with Crippen LogP contribution in [0.1, 0.15) is 11.1 Å². The quantitative estimate of drug-likeness (QED) is 0.741. The van der Waals surface area contributed by atoms with Gasteiger partial charge in [-0.1, -0.05) is 17.7 Å². The van der Waals surface area contributed by atoms with E-state index in [2.05, 4.69) is 0 Å². The van der Waals surface area contributed by atoms with Gasteiger partial charge in [-0.3, -0.25) is 4.79 Å². The number of anilines is 1. The van der Waals surface area contributed by atoms with E-state index in [1.54, 1.807) is 12.1 Å². The topological polar surface area (TPSA) is 46.3 Å². The van der Waals surface area contributed by atoms with Gasteiger partial charge in [-0.25, -0.2) is 0 Å². The van der Waals surface area contributed by atoms with Crippen LogP contribution < -0.4 is 5.73 Å². The molecule has 0 unspecified atom stereocenters. The number of carbonyl (C=O) groups is 1. The number of rotatable bonds is 0.